The first-order valence-electron chi connectivity index (χ1n) is 6.94. The summed E-state index contributed by atoms with van der Waals surface area (Å²) >= 11 is 0. The van der Waals surface area contributed by atoms with Gasteiger partial charge in [0.25, 0.3) is 0 Å². The van der Waals surface area contributed by atoms with E-state index < -0.39 is 16.1 Å². The summed E-state index contributed by atoms with van der Waals surface area (Å²) in [4.78, 5) is 11.7. The van der Waals surface area contributed by atoms with E-state index in [1.807, 2.05) is 13.8 Å². The van der Waals surface area contributed by atoms with Gasteiger partial charge in [-0.25, -0.2) is 12.7 Å². The molecule has 0 radical (unpaired) electrons. The van der Waals surface area contributed by atoms with Crippen molar-refractivity contribution in [3.05, 3.63) is 0 Å². The summed E-state index contributed by atoms with van der Waals surface area (Å²) in [5.41, 5.74) is 5.65. The molecule has 7 heteroatoms. The number of nitrogens with two attached hydrogens (primary N) is 1. The largest absolute Gasteiger partial charge is 0.352 e. The van der Waals surface area contributed by atoms with E-state index in [1.165, 1.54) is 4.31 Å². The van der Waals surface area contributed by atoms with Gasteiger partial charge in [0.15, 0.2) is 0 Å². The maximum absolute atomic E-state index is 11.9. The van der Waals surface area contributed by atoms with Crippen LogP contribution >= 0.6 is 0 Å². The fourth-order valence-electron chi connectivity index (χ4n) is 2.16. The van der Waals surface area contributed by atoms with E-state index in [9.17, 15) is 13.2 Å². The molecule has 0 aromatic rings. The minimum atomic E-state index is -3.11. The smallest absolute Gasteiger partial charge is 0.237 e. The normalized spacial score (nSPS) is 20.2. The lowest BCUT2D eigenvalue weighted by Gasteiger charge is -2.32. The van der Waals surface area contributed by atoms with Crippen LogP contribution in [0.15, 0.2) is 0 Å². The van der Waals surface area contributed by atoms with Gasteiger partial charge >= 0.3 is 0 Å². The molecule has 0 aliphatic carbocycles. The quantitative estimate of drug-likeness (QED) is 0.723. The van der Waals surface area contributed by atoms with Gasteiger partial charge < -0.3 is 11.1 Å². The molecule has 1 saturated heterocycles. The van der Waals surface area contributed by atoms with Crippen LogP contribution in [0.25, 0.3) is 0 Å². The summed E-state index contributed by atoms with van der Waals surface area (Å²) in [5, 5.41) is 2.89. The van der Waals surface area contributed by atoms with Gasteiger partial charge in [-0.15, -0.1) is 0 Å². The Labute approximate surface area is 115 Å². The lowest BCUT2D eigenvalue weighted by atomic mass is 10.1. The molecule has 1 amide bonds. The Morgan fingerprint density at radius 3 is 2.42 bits per heavy atom. The molecule has 1 heterocycles. The fourth-order valence-corrected chi connectivity index (χ4v) is 3.70. The molecule has 1 rings (SSSR count). The van der Waals surface area contributed by atoms with E-state index in [4.69, 9.17) is 5.73 Å². The number of nitrogens with zero attached hydrogens (tertiary/aromatic N) is 1. The number of rotatable bonds is 6. The number of carbonyl (C=O) groups is 1. The van der Waals surface area contributed by atoms with Gasteiger partial charge in [-0.1, -0.05) is 13.8 Å². The zero-order chi connectivity index (χ0) is 14.5. The molecule has 112 valence electrons. The minimum absolute atomic E-state index is 0.0400. The molecule has 1 aliphatic heterocycles. The van der Waals surface area contributed by atoms with Gasteiger partial charge in [0.05, 0.1) is 11.8 Å². The van der Waals surface area contributed by atoms with Gasteiger partial charge in [-0.05, 0) is 25.7 Å². The average molecular weight is 291 g/mol. The summed E-state index contributed by atoms with van der Waals surface area (Å²) in [7, 11) is -3.11. The van der Waals surface area contributed by atoms with Crippen molar-refractivity contribution in [3.63, 3.8) is 0 Å². The lowest BCUT2D eigenvalue weighted by Crippen LogP contribution is -2.50. The molecule has 1 unspecified atom stereocenters. The minimum Gasteiger partial charge on any atom is -0.352 e. The fraction of sp³-hybridized carbons (Fsp3) is 0.917. The van der Waals surface area contributed by atoms with Crippen LogP contribution in [0, 0.1) is 0 Å². The molecule has 6 nitrogen and oxygen atoms in total. The maximum atomic E-state index is 11.9. The molecular weight excluding hydrogens is 266 g/mol. The van der Waals surface area contributed by atoms with Crippen LogP contribution in [-0.2, 0) is 14.8 Å². The summed E-state index contributed by atoms with van der Waals surface area (Å²) in [6, 6.07) is -0.431. The second-order valence-electron chi connectivity index (χ2n) is 5.01. The highest BCUT2D eigenvalue weighted by Crippen LogP contribution is 2.15. The van der Waals surface area contributed by atoms with Crippen molar-refractivity contribution >= 4 is 15.9 Å². The first-order valence-corrected chi connectivity index (χ1v) is 8.55. The van der Waals surface area contributed by atoms with Crippen LogP contribution in [0.5, 0.6) is 0 Å². The van der Waals surface area contributed by atoms with E-state index in [-0.39, 0.29) is 17.7 Å². The zero-order valence-electron chi connectivity index (χ0n) is 11.8. The van der Waals surface area contributed by atoms with Crippen molar-refractivity contribution in [1.82, 2.24) is 9.62 Å². The number of hydrogen-bond donors (Lipinski definition) is 2. The molecule has 0 aromatic heterocycles. The molecule has 19 heavy (non-hydrogen) atoms. The Morgan fingerprint density at radius 2 is 1.95 bits per heavy atom. The number of carbonyl (C=O) groups excluding carboxylic acids is 1. The van der Waals surface area contributed by atoms with Crippen LogP contribution in [-0.4, -0.2) is 49.6 Å². The Morgan fingerprint density at radius 1 is 1.37 bits per heavy atom. The second-order valence-corrected chi connectivity index (χ2v) is 7.10. The van der Waals surface area contributed by atoms with Gasteiger partial charge in [0.2, 0.25) is 15.9 Å². The highest BCUT2D eigenvalue weighted by Gasteiger charge is 2.28. The van der Waals surface area contributed by atoms with Crippen molar-refractivity contribution in [2.45, 2.75) is 51.6 Å². The lowest BCUT2D eigenvalue weighted by molar-refractivity contribution is -0.123. The third-order valence-corrected chi connectivity index (χ3v) is 5.51. The van der Waals surface area contributed by atoms with Crippen molar-refractivity contribution in [1.29, 1.82) is 0 Å². The summed E-state index contributed by atoms with van der Waals surface area (Å²) in [5.74, 6) is 0.0578. The van der Waals surface area contributed by atoms with Crippen molar-refractivity contribution < 1.29 is 13.2 Å². The summed E-state index contributed by atoms with van der Waals surface area (Å²) in [6.07, 6.45) is 2.55. The van der Waals surface area contributed by atoms with E-state index in [0.717, 1.165) is 0 Å². The van der Waals surface area contributed by atoms with Crippen molar-refractivity contribution in [2.75, 3.05) is 18.8 Å². The SMILES string of the molecule is CCCS(=O)(=O)N1CCC(NC(=O)C(N)CC)CC1. The molecule has 1 atom stereocenters. The molecule has 1 aliphatic rings. The zero-order valence-corrected chi connectivity index (χ0v) is 12.6. The average Bonchev–Trinajstić information content (AvgIpc) is 2.38. The van der Waals surface area contributed by atoms with E-state index >= 15 is 0 Å². The Bertz CT molecular complexity index is 389. The van der Waals surface area contributed by atoms with Gasteiger partial charge in [0, 0.05) is 19.1 Å². The Hall–Kier alpha value is -0.660. The number of sulfonamides is 1. The molecule has 1 fully saturated rings. The van der Waals surface area contributed by atoms with Crippen LogP contribution in [0.3, 0.4) is 0 Å². The summed E-state index contributed by atoms with van der Waals surface area (Å²) < 4.78 is 25.3. The Balaban J connectivity index is 2.43. The van der Waals surface area contributed by atoms with E-state index in [1.54, 1.807) is 0 Å². The maximum Gasteiger partial charge on any atom is 0.237 e. The number of nitrogens with one attached hydrogen (secondary N) is 1. The van der Waals surface area contributed by atoms with E-state index in [0.29, 0.717) is 38.8 Å². The highest BCUT2D eigenvalue weighted by molar-refractivity contribution is 7.89. The van der Waals surface area contributed by atoms with Gasteiger partial charge in [0.1, 0.15) is 0 Å². The third-order valence-electron chi connectivity index (χ3n) is 3.43. The third kappa shape index (κ3) is 4.74. The molecular formula is C12H25N3O3S. The molecule has 0 bridgehead atoms. The standard InChI is InChI=1S/C12H25N3O3S/c1-3-9-19(17,18)15-7-5-10(6-8-15)14-12(16)11(13)4-2/h10-11H,3-9,13H2,1-2H3,(H,14,16). The predicted molar refractivity (Wildman–Crippen MR) is 75.1 cm³/mol. The second kappa shape index (κ2) is 7.21. The van der Waals surface area contributed by atoms with Gasteiger partial charge in [-0.3, -0.25) is 4.79 Å². The number of hydrogen-bond acceptors (Lipinski definition) is 4. The first kappa shape index (κ1) is 16.4. The topological polar surface area (TPSA) is 92.5 Å². The molecule has 3 N–H and O–H groups in total. The van der Waals surface area contributed by atoms with Crippen LogP contribution in [0.4, 0.5) is 0 Å². The predicted octanol–water partition coefficient (Wildman–Crippen LogP) is 0.0441. The molecule has 0 spiro atoms. The Kier molecular flexibility index (Phi) is 6.22. The van der Waals surface area contributed by atoms with Crippen LogP contribution in [0.2, 0.25) is 0 Å². The number of amides is 1. The first-order chi connectivity index (χ1) is 8.90. The summed E-state index contributed by atoms with van der Waals surface area (Å²) in [6.45, 7) is 4.68. The van der Waals surface area contributed by atoms with Gasteiger partial charge in [-0.2, -0.15) is 0 Å². The number of piperidine rings is 1. The van der Waals surface area contributed by atoms with Crippen molar-refractivity contribution in [3.8, 4) is 0 Å². The van der Waals surface area contributed by atoms with Crippen LogP contribution in [0.1, 0.15) is 39.5 Å². The van der Waals surface area contributed by atoms with Crippen molar-refractivity contribution in [2.24, 2.45) is 5.73 Å². The van der Waals surface area contributed by atoms with Crippen LogP contribution < -0.4 is 11.1 Å². The highest BCUT2D eigenvalue weighted by atomic mass is 32.2. The molecule has 0 aromatic carbocycles. The monoisotopic (exact) mass is 291 g/mol. The van der Waals surface area contributed by atoms with E-state index in [2.05, 4.69) is 5.32 Å². The molecule has 0 saturated carbocycles.